The van der Waals surface area contributed by atoms with Gasteiger partial charge < -0.3 is 4.74 Å². The fourth-order valence-electron chi connectivity index (χ4n) is 1.14. The van der Waals surface area contributed by atoms with Crippen LogP contribution in [0.4, 0.5) is 4.39 Å². The van der Waals surface area contributed by atoms with Gasteiger partial charge in [0, 0.05) is 6.07 Å². The molecule has 1 aromatic carbocycles. The summed E-state index contributed by atoms with van der Waals surface area (Å²) < 4.78 is 18.1. The lowest BCUT2D eigenvalue weighted by Crippen LogP contribution is -1.97. The van der Waals surface area contributed by atoms with Gasteiger partial charge >= 0.3 is 0 Å². The number of unbranched alkanes of at least 4 members (excludes halogenated alkanes) is 2. The molecule has 0 atom stereocenters. The molecule has 0 saturated heterocycles. The van der Waals surface area contributed by atoms with Crippen LogP contribution in [0.2, 0.25) is 0 Å². The molecular weight excluding hydrogens is 199 g/mol. The van der Waals surface area contributed by atoms with Crippen LogP contribution >= 0.6 is 12.6 Å². The molecule has 78 valence electrons. The van der Waals surface area contributed by atoms with Crippen LogP contribution in [0.25, 0.3) is 0 Å². The SMILES string of the molecule is Fc1cccc(OCCCCCS)c1. The first-order chi connectivity index (χ1) is 6.83. The van der Waals surface area contributed by atoms with Crippen LogP contribution < -0.4 is 4.74 Å². The van der Waals surface area contributed by atoms with Gasteiger partial charge in [-0.25, -0.2) is 4.39 Å². The van der Waals surface area contributed by atoms with Crippen LogP contribution in [0, 0.1) is 5.82 Å². The Balaban J connectivity index is 2.18. The van der Waals surface area contributed by atoms with E-state index in [1.54, 1.807) is 12.1 Å². The highest BCUT2D eigenvalue weighted by atomic mass is 32.1. The van der Waals surface area contributed by atoms with E-state index in [9.17, 15) is 4.39 Å². The fraction of sp³-hybridized carbons (Fsp3) is 0.455. The van der Waals surface area contributed by atoms with Crippen molar-refractivity contribution in [1.29, 1.82) is 0 Å². The summed E-state index contributed by atoms with van der Waals surface area (Å²) in [7, 11) is 0. The van der Waals surface area contributed by atoms with E-state index in [-0.39, 0.29) is 5.82 Å². The lowest BCUT2D eigenvalue weighted by molar-refractivity contribution is 0.305. The number of hydrogen-bond donors (Lipinski definition) is 1. The zero-order valence-electron chi connectivity index (χ0n) is 8.08. The van der Waals surface area contributed by atoms with Gasteiger partial charge in [-0.05, 0) is 37.1 Å². The number of ether oxygens (including phenoxy) is 1. The van der Waals surface area contributed by atoms with Gasteiger partial charge in [0.1, 0.15) is 11.6 Å². The highest BCUT2D eigenvalue weighted by molar-refractivity contribution is 7.80. The Kier molecular flexibility index (Phi) is 5.45. The van der Waals surface area contributed by atoms with Crippen LogP contribution in [0.5, 0.6) is 5.75 Å². The summed E-state index contributed by atoms with van der Waals surface area (Å²) in [6, 6.07) is 6.23. The molecule has 0 aliphatic rings. The van der Waals surface area contributed by atoms with Crippen molar-refractivity contribution in [2.45, 2.75) is 19.3 Å². The molecule has 1 aromatic rings. The first-order valence-corrected chi connectivity index (χ1v) is 5.45. The van der Waals surface area contributed by atoms with Gasteiger partial charge in [0.05, 0.1) is 6.61 Å². The van der Waals surface area contributed by atoms with Crippen LogP contribution in [0.15, 0.2) is 24.3 Å². The second-order valence-corrected chi connectivity index (χ2v) is 3.54. The van der Waals surface area contributed by atoms with Gasteiger partial charge in [0.15, 0.2) is 0 Å². The number of thiol groups is 1. The van der Waals surface area contributed by atoms with Crippen LogP contribution in [-0.4, -0.2) is 12.4 Å². The van der Waals surface area contributed by atoms with Crippen molar-refractivity contribution in [2.75, 3.05) is 12.4 Å². The maximum Gasteiger partial charge on any atom is 0.126 e. The average Bonchev–Trinajstić information content (AvgIpc) is 2.18. The third-order valence-electron chi connectivity index (χ3n) is 1.87. The second-order valence-electron chi connectivity index (χ2n) is 3.09. The molecular formula is C11H15FOS. The van der Waals surface area contributed by atoms with E-state index in [0.29, 0.717) is 12.4 Å². The Bertz CT molecular complexity index is 265. The van der Waals surface area contributed by atoms with E-state index < -0.39 is 0 Å². The summed E-state index contributed by atoms with van der Waals surface area (Å²) in [5.41, 5.74) is 0. The predicted octanol–water partition coefficient (Wildman–Crippen LogP) is 3.30. The highest BCUT2D eigenvalue weighted by Crippen LogP contribution is 2.12. The van der Waals surface area contributed by atoms with Crippen molar-refractivity contribution in [3.63, 3.8) is 0 Å². The molecule has 0 fully saturated rings. The number of hydrogen-bond acceptors (Lipinski definition) is 2. The molecule has 1 nitrogen and oxygen atoms in total. The summed E-state index contributed by atoms with van der Waals surface area (Å²) in [5.74, 6) is 1.27. The van der Waals surface area contributed by atoms with Gasteiger partial charge in [-0.3, -0.25) is 0 Å². The topological polar surface area (TPSA) is 9.23 Å². The summed E-state index contributed by atoms with van der Waals surface area (Å²) in [4.78, 5) is 0. The van der Waals surface area contributed by atoms with E-state index in [2.05, 4.69) is 12.6 Å². The lowest BCUT2D eigenvalue weighted by atomic mass is 10.2. The minimum absolute atomic E-state index is 0.252. The van der Waals surface area contributed by atoms with Crippen molar-refractivity contribution in [1.82, 2.24) is 0 Å². The predicted molar refractivity (Wildman–Crippen MR) is 59.6 cm³/mol. The molecule has 0 amide bonds. The molecule has 0 aliphatic heterocycles. The van der Waals surface area contributed by atoms with Gasteiger partial charge in [-0.2, -0.15) is 12.6 Å². The quantitative estimate of drug-likeness (QED) is 0.564. The molecule has 0 saturated carbocycles. The van der Waals surface area contributed by atoms with Crippen molar-refractivity contribution in [2.24, 2.45) is 0 Å². The number of rotatable bonds is 6. The Morgan fingerprint density at radius 1 is 1.21 bits per heavy atom. The fourth-order valence-corrected chi connectivity index (χ4v) is 1.36. The van der Waals surface area contributed by atoms with E-state index >= 15 is 0 Å². The molecule has 1 rings (SSSR count). The third-order valence-corrected chi connectivity index (χ3v) is 2.18. The molecule has 0 aliphatic carbocycles. The first kappa shape index (κ1) is 11.4. The Morgan fingerprint density at radius 2 is 2.07 bits per heavy atom. The smallest absolute Gasteiger partial charge is 0.126 e. The van der Waals surface area contributed by atoms with E-state index in [4.69, 9.17) is 4.74 Å². The van der Waals surface area contributed by atoms with Crippen molar-refractivity contribution >= 4 is 12.6 Å². The minimum atomic E-state index is -0.252. The highest BCUT2D eigenvalue weighted by Gasteiger charge is 1.95. The first-order valence-electron chi connectivity index (χ1n) is 4.82. The largest absolute Gasteiger partial charge is 0.493 e. The molecule has 0 N–H and O–H groups in total. The maximum absolute atomic E-state index is 12.7. The summed E-state index contributed by atoms with van der Waals surface area (Å²) >= 11 is 4.12. The molecule has 0 aromatic heterocycles. The number of halogens is 1. The Hall–Kier alpha value is -0.700. The average molecular weight is 214 g/mol. The standard InChI is InChI=1S/C11H15FOS/c12-10-5-4-6-11(9-10)13-7-2-1-3-8-14/h4-6,9,14H,1-3,7-8H2. The van der Waals surface area contributed by atoms with Crippen molar-refractivity contribution in [3.05, 3.63) is 30.1 Å². The maximum atomic E-state index is 12.7. The van der Waals surface area contributed by atoms with Crippen molar-refractivity contribution in [3.8, 4) is 5.75 Å². The van der Waals surface area contributed by atoms with Gasteiger partial charge in [-0.15, -0.1) is 0 Å². The third kappa shape index (κ3) is 4.51. The second kappa shape index (κ2) is 6.71. The zero-order valence-corrected chi connectivity index (χ0v) is 8.97. The molecule has 3 heteroatoms. The molecule has 14 heavy (non-hydrogen) atoms. The molecule has 0 unspecified atom stereocenters. The Morgan fingerprint density at radius 3 is 2.79 bits per heavy atom. The van der Waals surface area contributed by atoms with Crippen molar-refractivity contribution < 1.29 is 9.13 Å². The normalized spacial score (nSPS) is 10.1. The number of benzene rings is 1. The zero-order chi connectivity index (χ0) is 10.2. The van der Waals surface area contributed by atoms with E-state index in [1.165, 1.54) is 12.1 Å². The summed E-state index contributed by atoms with van der Waals surface area (Å²) in [6.07, 6.45) is 3.21. The van der Waals surface area contributed by atoms with E-state index in [1.807, 2.05) is 0 Å². The molecule has 0 spiro atoms. The monoisotopic (exact) mass is 214 g/mol. The van der Waals surface area contributed by atoms with E-state index in [0.717, 1.165) is 25.0 Å². The van der Waals surface area contributed by atoms with Crippen LogP contribution in [0.1, 0.15) is 19.3 Å². The Labute approximate surface area is 89.7 Å². The molecule has 0 heterocycles. The summed E-state index contributed by atoms with van der Waals surface area (Å²) in [5, 5.41) is 0. The summed E-state index contributed by atoms with van der Waals surface area (Å²) in [6.45, 7) is 0.650. The minimum Gasteiger partial charge on any atom is -0.493 e. The lowest BCUT2D eigenvalue weighted by Gasteiger charge is -2.05. The van der Waals surface area contributed by atoms with Gasteiger partial charge in [-0.1, -0.05) is 6.07 Å². The van der Waals surface area contributed by atoms with Crippen LogP contribution in [0.3, 0.4) is 0 Å². The van der Waals surface area contributed by atoms with Gasteiger partial charge in [0.25, 0.3) is 0 Å². The van der Waals surface area contributed by atoms with Crippen LogP contribution in [-0.2, 0) is 0 Å². The molecule has 0 radical (unpaired) electrons. The molecule has 0 bridgehead atoms. The van der Waals surface area contributed by atoms with Gasteiger partial charge in [0.2, 0.25) is 0 Å².